The second-order valence-corrected chi connectivity index (χ2v) is 17.1. The van der Waals surface area contributed by atoms with E-state index >= 15 is 0 Å². The molecule has 0 saturated carbocycles. The molecule has 0 radical (unpaired) electrons. The molecular formula is C62H51N3S. The number of benzene rings is 9. The molecule has 0 fully saturated rings. The number of aromatic nitrogens is 2. The van der Waals surface area contributed by atoms with Gasteiger partial charge in [-0.25, -0.2) is 0 Å². The van der Waals surface area contributed by atoms with Crippen molar-refractivity contribution in [2.75, 3.05) is 4.90 Å². The Morgan fingerprint density at radius 3 is 1.48 bits per heavy atom. The van der Waals surface area contributed by atoms with Gasteiger partial charge in [0.05, 0.1) is 21.3 Å². The number of hydrogen-bond donors (Lipinski definition) is 0. The van der Waals surface area contributed by atoms with Crippen molar-refractivity contribution in [2.24, 2.45) is 0 Å². The first-order valence-corrected chi connectivity index (χ1v) is 23.7. The molecule has 0 amide bonds. The molecule has 3 heterocycles. The van der Waals surface area contributed by atoms with Gasteiger partial charge in [0, 0.05) is 66.3 Å². The van der Waals surface area contributed by atoms with Crippen LogP contribution in [0.25, 0.3) is 86.5 Å². The summed E-state index contributed by atoms with van der Waals surface area (Å²) in [5.74, 6) is 0. The maximum Gasteiger partial charge on any atom is 0.0719 e. The van der Waals surface area contributed by atoms with Crippen molar-refractivity contribution in [2.45, 2.75) is 27.7 Å². The van der Waals surface area contributed by atoms with E-state index in [1.165, 1.54) is 75.1 Å². The average Bonchev–Trinajstić information content (AvgIpc) is 4.09. The molecule has 0 N–H and O–H groups in total. The lowest BCUT2D eigenvalue weighted by atomic mass is 10.0. The number of thiophene rings is 1. The van der Waals surface area contributed by atoms with E-state index in [9.17, 15) is 0 Å². The van der Waals surface area contributed by atoms with E-state index in [1.807, 2.05) is 51.2 Å². The lowest BCUT2D eigenvalue weighted by Gasteiger charge is -2.26. The second-order valence-electron chi connectivity index (χ2n) is 16.1. The van der Waals surface area contributed by atoms with Crippen LogP contribution >= 0.6 is 11.3 Å². The molecule has 0 aliphatic rings. The summed E-state index contributed by atoms with van der Waals surface area (Å²) in [6.45, 7) is 8.00. The molecule has 4 heteroatoms. The standard InChI is InChI=1S/C56H37N3S.C4H8.C2H6/c1-4-12-38(13-5-1)40-20-24-44(25-21-40)58(45-26-22-41(23-27-45)39-14-6-2-7-15-39)46-28-30-47(31-29-46)59-53-36-42-34-35-57(43-16-8-3-9-17-43)52(42)37-51(53)49-32-33-50-48-18-10-11-19-54(48)60-56(50)55(49)59;1-3-4-2;1-2/h1-37H;3-4H,1-2H3;1-2H3/b;4-3-;. The van der Waals surface area contributed by atoms with Gasteiger partial charge in [0.2, 0.25) is 0 Å². The van der Waals surface area contributed by atoms with Gasteiger partial charge in [0.15, 0.2) is 0 Å². The molecule has 0 spiro atoms. The number of anilines is 3. The van der Waals surface area contributed by atoms with Gasteiger partial charge in [-0.2, -0.15) is 0 Å². The van der Waals surface area contributed by atoms with E-state index in [1.54, 1.807) is 0 Å². The van der Waals surface area contributed by atoms with Crippen LogP contribution in [0, 0.1) is 0 Å². The number of para-hydroxylation sites is 1. The van der Waals surface area contributed by atoms with Crippen LogP contribution in [0.15, 0.2) is 237 Å². The Bertz CT molecular complexity index is 3490. The molecule has 0 atom stereocenters. The third kappa shape index (κ3) is 7.76. The van der Waals surface area contributed by atoms with Crippen LogP contribution in [-0.2, 0) is 0 Å². The Morgan fingerprint density at radius 1 is 0.409 bits per heavy atom. The monoisotopic (exact) mass is 869 g/mol. The van der Waals surface area contributed by atoms with Gasteiger partial charge in [-0.15, -0.1) is 11.3 Å². The van der Waals surface area contributed by atoms with Crippen LogP contribution in [0.1, 0.15) is 27.7 Å². The number of fused-ring (bicyclic) bond motifs is 8. The Labute approximate surface area is 391 Å². The highest BCUT2D eigenvalue weighted by atomic mass is 32.1. The highest BCUT2D eigenvalue weighted by Crippen LogP contribution is 2.45. The lowest BCUT2D eigenvalue weighted by Crippen LogP contribution is -2.10. The number of hydrogen-bond acceptors (Lipinski definition) is 2. The zero-order valence-electron chi connectivity index (χ0n) is 37.8. The van der Waals surface area contributed by atoms with E-state index in [-0.39, 0.29) is 0 Å². The zero-order valence-corrected chi connectivity index (χ0v) is 38.6. The van der Waals surface area contributed by atoms with E-state index in [0.717, 1.165) is 28.4 Å². The first-order valence-electron chi connectivity index (χ1n) is 22.9. The van der Waals surface area contributed by atoms with Gasteiger partial charge >= 0.3 is 0 Å². The molecule has 12 rings (SSSR count). The minimum absolute atomic E-state index is 1.09. The summed E-state index contributed by atoms with van der Waals surface area (Å²) in [6, 6.07) is 79.3. The van der Waals surface area contributed by atoms with Crippen LogP contribution in [0.4, 0.5) is 17.1 Å². The summed E-state index contributed by atoms with van der Waals surface area (Å²) in [5, 5.41) is 6.32. The minimum Gasteiger partial charge on any atom is -0.317 e. The molecule has 9 aromatic carbocycles. The molecule has 0 saturated heterocycles. The van der Waals surface area contributed by atoms with Crippen LogP contribution in [0.2, 0.25) is 0 Å². The molecule has 0 unspecified atom stereocenters. The largest absolute Gasteiger partial charge is 0.317 e. The van der Waals surface area contributed by atoms with Crippen molar-refractivity contribution in [3.05, 3.63) is 237 Å². The molecular weight excluding hydrogens is 819 g/mol. The van der Waals surface area contributed by atoms with Crippen molar-refractivity contribution in [1.82, 2.24) is 9.13 Å². The van der Waals surface area contributed by atoms with Crippen LogP contribution < -0.4 is 4.90 Å². The highest BCUT2D eigenvalue weighted by molar-refractivity contribution is 7.26. The van der Waals surface area contributed by atoms with Crippen molar-refractivity contribution in [3.63, 3.8) is 0 Å². The predicted molar refractivity (Wildman–Crippen MR) is 288 cm³/mol. The van der Waals surface area contributed by atoms with Crippen LogP contribution in [0.5, 0.6) is 0 Å². The molecule has 3 aromatic heterocycles. The molecule has 0 aliphatic heterocycles. The van der Waals surface area contributed by atoms with Gasteiger partial charge in [-0.05, 0) is 121 Å². The molecule has 12 aromatic rings. The van der Waals surface area contributed by atoms with Crippen LogP contribution in [0.3, 0.4) is 0 Å². The predicted octanol–water partition coefficient (Wildman–Crippen LogP) is 18.5. The summed E-state index contributed by atoms with van der Waals surface area (Å²) in [7, 11) is 0. The lowest BCUT2D eigenvalue weighted by molar-refractivity contribution is 1.13. The summed E-state index contributed by atoms with van der Waals surface area (Å²) in [4.78, 5) is 2.36. The van der Waals surface area contributed by atoms with Gasteiger partial charge in [-0.1, -0.05) is 159 Å². The van der Waals surface area contributed by atoms with Crippen molar-refractivity contribution >= 4 is 81.3 Å². The topological polar surface area (TPSA) is 13.1 Å². The van der Waals surface area contributed by atoms with Crippen LogP contribution in [-0.4, -0.2) is 9.13 Å². The van der Waals surface area contributed by atoms with Gasteiger partial charge in [-0.3, -0.25) is 0 Å². The SMILES string of the molecule is C/C=C\C.CC.c1ccc(-c2ccc(N(c3ccc(-c4ccccc4)cc3)c3ccc(-n4c5cc6ccn(-c7ccccc7)c6cc5c5ccc6c7ccccc7sc6c54)cc3)cc2)cc1. The van der Waals surface area contributed by atoms with Gasteiger partial charge in [0.1, 0.15) is 0 Å². The van der Waals surface area contributed by atoms with E-state index < -0.39 is 0 Å². The van der Waals surface area contributed by atoms with E-state index in [0.29, 0.717) is 0 Å². The molecule has 0 bridgehead atoms. The third-order valence-corrected chi connectivity index (χ3v) is 13.5. The maximum absolute atomic E-state index is 2.50. The van der Waals surface area contributed by atoms with Gasteiger partial charge in [0.25, 0.3) is 0 Å². The molecule has 3 nitrogen and oxygen atoms in total. The Morgan fingerprint density at radius 2 is 0.909 bits per heavy atom. The third-order valence-electron chi connectivity index (χ3n) is 12.3. The number of nitrogens with zero attached hydrogens (tertiary/aromatic N) is 3. The second kappa shape index (κ2) is 18.7. The Hall–Kier alpha value is -7.92. The minimum atomic E-state index is 1.09. The first-order chi connectivity index (χ1) is 32.7. The smallest absolute Gasteiger partial charge is 0.0719 e. The van der Waals surface area contributed by atoms with Crippen molar-refractivity contribution < 1.29 is 0 Å². The van der Waals surface area contributed by atoms with Crippen molar-refractivity contribution in [1.29, 1.82) is 0 Å². The summed E-state index contributed by atoms with van der Waals surface area (Å²) in [6.07, 6.45) is 6.19. The first kappa shape index (κ1) is 42.1. The van der Waals surface area contributed by atoms with E-state index in [4.69, 9.17) is 0 Å². The summed E-state index contributed by atoms with van der Waals surface area (Å²) >= 11 is 1.89. The number of rotatable bonds is 7. The molecule has 66 heavy (non-hydrogen) atoms. The summed E-state index contributed by atoms with van der Waals surface area (Å²) in [5.41, 5.74) is 14.0. The fourth-order valence-electron chi connectivity index (χ4n) is 9.05. The van der Waals surface area contributed by atoms with Gasteiger partial charge < -0.3 is 14.0 Å². The summed E-state index contributed by atoms with van der Waals surface area (Å²) < 4.78 is 7.42. The van der Waals surface area contributed by atoms with E-state index in [2.05, 4.69) is 239 Å². The number of allylic oxidation sites excluding steroid dienone is 2. The maximum atomic E-state index is 2.50. The Kier molecular flexibility index (Phi) is 11.9. The normalized spacial score (nSPS) is 11.3. The fraction of sp³-hybridized carbons (Fsp3) is 0.0645. The Balaban J connectivity index is 0.000000811. The highest BCUT2D eigenvalue weighted by Gasteiger charge is 2.21. The molecule has 320 valence electrons. The average molecular weight is 870 g/mol. The fourth-order valence-corrected chi connectivity index (χ4v) is 10.3. The van der Waals surface area contributed by atoms with Crippen molar-refractivity contribution in [3.8, 4) is 33.6 Å². The quantitative estimate of drug-likeness (QED) is 0.145. The zero-order chi connectivity index (χ0) is 45.0. The molecule has 0 aliphatic carbocycles.